The molecular weight excluding hydrogens is 444 g/mol. The molecule has 0 aliphatic carbocycles. The van der Waals surface area contributed by atoms with Crippen LogP contribution in [-0.4, -0.2) is 20.9 Å². The van der Waals surface area contributed by atoms with E-state index in [0.717, 1.165) is 21.6 Å². The number of benzene rings is 3. The van der Waals surface area contributed by atoms with Crippen molar-refractivity contribution in [2.75, 3.05) is 0 Å². The van der Waals surface area contributed by atoms with Crippen LogP contribution in [0.5, 0.6) is 11.5 Å². The van der Waals surface area contributed by atoms with Crippen molar-refractivity contribution in [2.24, 2.45) is 0 Å². The van der Waals surface area contributed by atoms with Crippen molar-refractivity contribution in [1.29, 1.82) is 0 Å². The summed E-state index contributed by atoms with van der Waals surface area (Å²) in [6.07, 6.45) is 1.72. The van der Waals surface area contributed by atoms with Crippen molar-refractivity contribution in [3.05, 3.63) is 93.9 Å². The zero-order valence-corrected chi connectivity index (χ0v) is 18.3. The van der Waals surface area contributed by atoms with Crippen LogP contribution in [0.2, 0.25) is 5.02 Å². The first-order valence-electron chi connectivity index (χ1n) is 9.85. The lowest BCUT2D eigenvalue weighted by Crippen LogP contribution is -2.22. The van der Waals surface area contributed by atoms with Gasteiger partial charge in [-0.15, -0.1) is 11.3 Å². The number of aromatic nitrogens is 3. The summed E-state index contributed by atoms with van der Waals surface area (Å²) >= 11 is 7.66. The number of nitrogens with zero attached hydrogens (tertiary/aromatic N) is 2. The minimum absolute atomic E-state index is 0.153. The maximum absolute atomic E-state index is 12.5. The molecule has 2 heterocycles. The number of H-pyrrole nitrogens is 1. The fourth-order valence-electron chi connectivity index (χ4n) is 3.22. The Kier molecular flexibility index (Phi) is 5.58. The molecule has 158 valence electrons. The molecule has 0 aliphatic heterocycles. The molecule has 0 fully saturated rings. The molecule has 6 nitrogen and oxygen atoms in total. The van der Waals surface area contributed by atoms with E-state index in [1.165, 1.54) is 11.3 Å². The van der Waals surface area contributed by atoms with E-state index in [-0.39, 0.29) is 5.91 Å². The van der Waals surface area contributed by atoms with Gasteiger partial charge in [-0.25, -0.2) is 9.97 Å². The average molecular weight is 461 g/mol. The van der Waals surface area contributed by atoms with Crippen LogP contribution in [0.15, 0.2) is 78.3 Å². The SMILES string of the molecule is O=C(NCc1nccs1)c1ccc2nc(-c3ccc(Oc4ccccc4Cl)cc3)[nH]c2c1. The predicted molar refractivity (Wildman–Crippen MR) is 126 cm³/mol. The van der Waals surface area contributed by atoms with Crippen LogP contribution in [0.3, 0.4) is 0 Å². The van der Waals surface area contributed by atoms with Gasteiger partial charge in [-0.2, -0.15) is 0 Å². The normalized spacial score (nSPS) is 10.9. The second kappa shape index (κ2) is 8.82. The summed E-state index contributed by atoms with van der Waals surface area (Å²) in [5.74, 6) is 1.84. The number of amides is 1. The van der Waals surface area contributed by atoms with E-state index in [2.05, 4.69) is 20.3 Å². The summed E-state index contributed by atoms with van der Waals surface area (Å²) in [6.45, 7) is 0.408. The highest BCUT2D eigenvalue weighted by Gasteiger charge is 2.11. The molecule has 3 aromatic carbocycles. The van der Waals surface area contributed by atoms with E-state index in [0.29, 0.717) is 34.5 Å². The monoisotopic (exact) mass is 460 g/mol. The highest BCUT2D eigenvalue weighted by atomic mass is 35.5. The summed E-state index contributed by atoms with van der Waals surface area (Å²) in [6, 6.07) is 20.3. The molecule has 8 heteroatoms. The van der Waals surface area contributed by atoms with Gasteiger partial charge in [0.05, 0.1) is 22.6 Å². The van der Waals surface area contributed by atoms with Gasteiger partial charge in [-0.1, -0.05) is 23.7 Å². The Bertz CT molecular complexity index is 1380. The van der Waals surface area contributed by atoms with Gasteiger partial charge < -0.3 is 15.0 Å². The van der Waals surface area contributed by atoms with Gasteiger partial charge in [0.15, 0.2) is 0 Å². The maximum atomic E-state index is 12.5. The van der Waals surface area contributed by atoms with E-state index in [9.17, 15) is 4.79 Å². The van der Waals surface area contributed by atoms with Crippen LogP contribution in [-0.2, 0) is 6.54 Å². The topological polar surface area (TPSA) is 79.9 Å². The number of ether oxygens (including phenoxy) is 1. The second-order valence-corrected chi connectivity index (χ2v) is 8.37. The summed E-state index contributed by atoms with van der Waals surface area (Å²) in [5.41, 5.74) is 3.04. The van der Waals surface area contributed by atoms with Gasteiger partial charge in [-0.05, 0) is 54.6 Å². The highest BCUT2D eigenvalue weighted by molar-refractivity contribution is 7.09. The third kappa shape index (κ3) is 4.34. The summed E-state index contributed by atoms with van der Waals surface area (Å²) in [5, 5.41) is 6.19. The number of carbonyl (C=O) groups is 1. The van der Waals surface area contributed by atoms with Crippen LogP contribution in [0.25, 0.3) is 22.4 Å². The van der Waals surface area contributed by atoms with Gasteiger partial charge >= 0.3 is 0 Å². The number of carbonyl (C=O) groups excluding carboxylic acids is 1. The van der Waals surface area contributed by atoms with Gasteiger partial charge in [0.25, 0.3) is 5.91 Å². The van der Waals surface area contributed by atoms with E-state index >= 15 is 0 Å². The molecule has 0 spiro atoms. The lowest BCUT2D eigenvalue weighted by molar-refractivity contribution is 0.0951. The molecule has 0 aliphatic rings. The Morgan fingerprint density at radius 1 is 1.09 bits per heavy atom. The van der Waals surface area contributed by atoms with Crippen molar-refractivity contribution >= 4 is 39.9 Å². The van der Waals surface area contributed by atoms with Gasteiger partial charge in [0, 0.05) is 22.7 Å². The minimum Gasteiger partial charge on any atom is -0.456 e. The van der Waals surface area contributed by atoms with Crippen molar-refractivity contribution in [1.82, 2.24) is 20.3 Å². The van der Waals surface area contributed by atoms with Crippen LogP contribution in [0, 0.1) is 0 Å². The number of aromatic amines is 1. The molecule has 1 amide bonds. The Balaban J connectivity index is 1.32. The van der Waals surface area contributed by atoms with Crippen LogP contribution in [0.1, 0.15) is 15.4 Å². The summed E-state index contributed by atoms with van der Waals surface area (Å²) in [7, 11) is 0. The molecule has 0 unspecified atom stereocenters. The number of halogens is 1. The number of para-hydroxylation sites is 1. The third-order valence-corrected chi connectivity index (χ3v) is 5.91. The van der Waals surface area contributed by atoms with Crippen LogP contribution in [0.4, 0.5) is 0 Å². The smallest absolute Gasteiger partial charge is 0.251 e. The minimum atomic E-state index is -0.153. The zero-order chi connectivity index (χ0) is 21.9. The van der Waals surface area contributed by atoms with Gasteiger partial charge in [0.1, 0.15) is 22.3 Å². The zero-order valence-electron chi connectivity index (χ0n) is 16.7. The second-order valence-electron chi connectivity index (χ2n) is 6.98. The molecule has 5 rings (SSSR count). The van der Waals surface area contributed by atoms with E-state index < -0.39 is 0 Å². The summed E-state index contributed by atoms with van der Waals surface area (Å²) in [4.78, 5) is 24.6. The first kappa shape index (κ1) is 20.2. The molecule has 32 heavy (non-hydrogen) atoms. The lowest BCUT2D eigenvalue weighted by atomic mass is 10.2. The molecule has 5 aromatic rings. The molecule has 2 N–H and O–H groups in total. The number of hydrogen-bond acceptors (Lipinski definition) is 5. The van der Waals surface area contributed by atoms with E-state index in [4.69, 9.17) is 16.3 Å². The fraction of sp³-hybridized carbons (Fsp3) is 0.0417. The Labute approximate surface area is 192 Å². The Morgan fingerprint density at radius 3 is 2.72 bits per heavy atom. The van der Waals surface area contributed by atoms with Crippen LogP contribution >= 0.6 is 22.9 Å². The highest BCUT2D eigenvalue weighted by Crippen LogP contribution is 2.30. The number of thiazole rings is 1. The first-order valence-corrected chi connectivity index (χ1v) is 11.1. The molecule has 0 radical (unpaired) electrons. The number of fused-ring (bicyclic) bond motifs is 1. The molecule has 0 bridgehead atoms. The molecule has 0 atom stereocenters. The molecule has 0 saturated carbocycles. The van der Waals surface area contributed by atoms with Crippen molar-refractivity contribution in [3.8, 4) is 22.9 Å². The third-order valence-electron chi connectivity index (χ3n) is 4.82. The van der Waals surface area contributed by atoms with Crippen molar-refractivity contribution < 1.29 is 9.53 Å². The number of nitrogens with one attached hydrogen (secondary N) is 2. The van der Waals surface area contributed by atoms with Crippen molar-refractivity contribution in [3.63, 3.8) is 0 Å². The average Bonchev–Trinajstić information content (AvgIpc) is 3.49. The fourth-order valence-corrected chi connectivity index (χ4v) is 3.95. The Morgan fingerprint density at radius 2 is 1.94 bits per heavy atom. The lowest BCUT2D eigenvalue weighted by Gasteiger charge is -2.07. The number of imidazole rings is 1. The summed E-state index contributed by atoms with van der Waals surface area (Å²) < 4.78 is 5.84. The van der Waals surface area contributed by atoms with Crippen LogP contribution < -0.4 is 10.1 Å². The predicted octanol–water partition coefficient (Wildman–Crippen LogP) is 6.06. The first-order chi connectivity index (χ1) is 15.7. The Hall–Kier alpha value is -3.68. The number of hydrogen-bond donors (Lipinski definition) is 2. The van der Waals surface area contributed by atoms with Gasteiger partial charge in [0.2, 0.25) is 0 Å². The van der Waals surface area contributed by atoms with Crippen molar-refractivity contribution in [2.45, 2.75) is 6.54 Å². The van der Waals surface area contributed by atoms with Gasteiger partial charge in [-0.3, -0.25) is 4.79 Å². The van der Waals surface area contributed by atoms with E-state index in [1.807, 2.05) is 53.9 Å². The molecule has 0 saturated heterocycles. The maximum Gasteiger partial charge on any atom is 0.251 e. The number of rotatable bonds is 6. The quantitative estimate of drug-likeness (QED) is 0.322. The van der Waals surface area contributed by atoms with E-state index in [1.54, 1.807) is 24.4 Å². The molecular formula is C24H17ClN4O2S. The largest absolute Gasteiger partial charge is 0.456 e. The molecule has 2 aromatic heterocycles. The standard InChI is InChI=1S/C24H17ClN4O2S/c25-18-3-1-2-4-21(18)31-17-8-5-15(6-9-17)23-28-19-10-7-16(13-20(19)29-23)24(30)27-14-22-26-11-12-32-22/h1-13H,14H2,(H,27,30)(H,28,29).